The van der Waals surface area contributed by atoms with Crippen molar-refractivity contribution in [3.05, 3.63) is 59.0 Å². The Morgan fingerprint density at radius 2 is 1.77 bits per heavy atom. The van der Waals surface area contributed by atoms with Crippen LogP contribution < -0.4 is 10.6 Å². The van der Waals surface area contributed by atoms with Gasteiger partial charge in [-0.05, 0) is 57.2 Å². The molecule has 2 aliphatic rings. The summed E-state index contributed by atoms with van der Waals surface area (Å²) in [5, 5.41) is 15.9. The number of benzene rings is 1. The second kappa shape index (κ2) is 13.8. The molecule has 3 N–H and O–H groups in total. The number of hydrogen-bond acceptors (Lipinski definition) is 7. The Hall–Kier alpha value is -2.69. The van der Waals surface area contributed by atoms with E-state index in [2.05, 4.69) is 61.7 Å². The Kier molecular flexibility index (Phi) is 10.4. The number of aliphatic hydroxyl groups excluding tert-OH is 1. The van der Waals surface area contributed by atoms with E-state index >= 15 is 0 Å². The van der Waals surface area contributed by atoms with E-state index in [9.17, 15) is 18.3 Å². The Morgan fingerprint density at radius 3 is 2.38 bits per heavy atom. The van der Waals surface area contributed by atoms with Gasteiger partial charge in [-0.25, -0.2) is 9.97 Å². The molecule has 1 aliphatic heterocycles. The van der Waals surface area contributed by atoms with E-state index in [0.29, 0.717) is 12.1 Å². The number of halogens is 3. The van der Waals surface area contributed by atoms with Crippen molar-refractivity contribution in [3.8, 4) is 0 Å². The molecule has 2 fully saturated rings. The number of anilines is 1. The average Bonchev–Trinajstić information content (AvgIpc) is 2.92. The Morgan fingerprint density at radius 1 is 1.10 bits per heavy atom. The number of nitrogens with zero attached hydrogens (tertiary/aromatic N) is 4. The Labute approximate surface area is 235 Å². The van der Waals surface area contributed by atoms with Crippen LogP contribution >= 0.6 is 0 Å². The maximum atomic E-state index is 13.5. The SMILES string of the molecule is CCC[C@H](Nc1ncc(/C(=C\N[C@H]2CC[C@H](O)CC2)c2ccc(CN3CCN(C)CC3)cc2)c(C)n1)C(F)(F)F. The first kappa shape index (κ1) is 30.3. The fourth-order valence-corrected chi connectivity index (χ4v) is 5.38. The summed E-state index contributed by atoms with van der Waals surface area (Å²) in [6, 6.07) is 7.03. The normalized spacial score (nSPS) is 22.2. The molecule has 0 spiro atoms. The van der Waals surface area contributed by atoms with Crippen LogP contribution in [0.5, 0.6) is 0 Å². The Bertz CT molecular complexity index is 1110. The van der Waals surface area contributed by atoms with Crippen molar-refractivity contribution in [2.45, 2.75) is 83.3 Å². The first-order chi connectivity index (χ1) is 19.1. The van der Waals surface area contributed by atoms with Crippen LogP contribution in [0.3, 0.4) is 0 Å². The summed E-state index contributed by atoms with van der Waals surface area (Å²) in [6.07, 6.45) is 2.62. The number of aryl methyl sites for hydroxylation is 1. The third-order valence-electron chi connectivity index (χ3n) is 7.97. The lowest BCUT2D eigenvalue weighted by atomic mass is 9.92. The maximum absolute atomic E-state index is 13.5. The number of aromatic nitrogens is 2. The molecule has 220 valence electrons. The van der Waals surface area contributed by atoms with Crippen LogP contribution in [0.2, 0.25) is 0 Å². The van der Waals surface area contributed by atoms with E-state index in [1.165, 1.54) is 5.56 Å². The van der Waals surface area contributed by atoms with Crippen LogP contribution in [-0.2, 0) is 6.54 Å². The van der Waals surface area contributed by atoms with Gasteiger partial charge >= 0.3 is 6.18 Å². The van der Waals surface area contributed by atoms with Gasteiger partial charge in [0.2, 0.25) is 5.95 Å². The third-order valence-corrected chi connectivity index (χ3v) is 7.97. The van der Waals surface area contributed by atoms with E-state index in [1.54, 1.807) is 20.0 Å². The minimum Gasteiger partial charge on any atom is -0.393 e. The molecule has 7 nitrogen and oxygen atoms in total. The lowest BCUT2D eigenvalue weighted by Gasteiger charge is -2.32. The molecule has 1 atom stereocenters. The summed E-state index contributed by atoms with van der Waals surface area (Å²) < 4.78 is 40.4. The predicted molar refractivity (Wildman–Crippen MR) is 153 cm³/mol. The van der Waals surface area contributed by atoms with Gasteiger partial charge in [0.25, 0.3) is 0 Å². The summed E-state index contributed by atoms with van der Waals surface area (Å²) in [5.74, 6) is -0.0203. The van der Waals surface area contributed by atoms with Gasteiger partial charge in [-0.2, -0.15) is 13.2 Å². The molecule has 1 aromatic carbocycles. The molecule has 1 aromatic heterocycles. The summed E-state index contributed by atoms with van der Waals surface area (Å²) in [7, 11) is 2.15. The van der Waals surface area contributed by atoms with Crippen molar-refractivity contribution >= 4 is 11.5 Å². The van der Waals surface area contributed by atoms with Crippen molar-refractivity contribution in [2.75, 3.05) is 38.5 Å². The second-order valence-corrected chi connectivity index (χ2v) is 11.2. The quantitative estimate of drug-likeness (QED) is 0.379. The minimum absolute atomic E-state index is 0.0203. The molecule has 0 radical (unpaired) electrons. The lowest BCUT2D eigenvalue weighted by Crippen LogP contribution is -2.43. The van der Waals surface area contributed by atoms with Crippen LogP contribution in [0.1, 0.15) is 67.8 Å². The van der Waals surface area contributed by atoms with Crippen LogP contribution in [0.25, 0.3) is 5.57 Å². The number of nitrogens with one attached hydrogen (secondary N) is 2. The number of alkyl halides is 3. The second-order valence-electron chi connectivity index (χ2n) is 11.2. The molecule has 0 bridgehead atoms. The molecular formula is C30H43F3N6O. The van der Waals surface area contributed by atoms with Gasteiger partial charge < -0.3 is 20.6 Å². The Balaban J connectivity index is 1.56. The van der Waals surface area contributed by atoms with E-state index in [4.69, 9.17) is 0 Å². The van der Waals surface area contributed by atoms with Crippen molar-refractivity contribution in [2.24, 2.45) is 0 Å². The largest absolute Gasteiger partial charge is 0.408 e. The molecule has 4 rings (SSSR count). The van der Waals surface area contributed by atoms with Gasteiger partial charge in [-0.15, -0.1) is 0 Å². The molecule has 1 aliphatic carbocycles. The summed E-state index contributed by atoms with van der Waals surface area (Å²) >= 11 is 0. The first-order valence-corrected chi connectivity index (χ1v) is 14.4. The van der Waals surface area contributed by atoms with Crippen LogP contribution in [0, 0.1) is 6.92 Å². The van der Waals surface area contributed by atoms with Gasteiger partial charge in [0, 0.05) is 62.3 Å². The zero-order valence-electron chi connectivity index (χ0n) is 23.8. The molecule has 1 saturated carbocycles. The van der Waals surface area contributed by atoms with Gasteiger partial charge in [-0.3, -0.25) is 4.90 Å². The number of rotatable bonds is 10. The standard InChI is InChI=1S/C30H43F3N6O/c1-4-5-28(30(31,32)33)37-29-35-18-26(21(2)36-29)27(19-34-24-10-12-25(40)13-11-24)23-8-6-22(7-9-23)20-39-16-14-38(3)15-17-39/h6-9,18-19,24-25,28,34,40H,4-5,10-17,20H2,1-3H3,(H,35,36,37)/b27-19-/t24-,25-,28-/m0/s1. The van der Waals surface area contributed by atoms with Crippen LogP contribution in [-0.4, -0.2) is 82.5 Å². The van der Waals surface area contributed by atoms with Crippen molar-refractivity contribution in [1.29, 1.82) is 0 Å². The van der Waals surface area contributed by atoms with Gasteiger partial charge in [0.15, 0.2) is 0 Å². The van der Waals surface area contributed by atoms with E-state index < -0.39 is 12.2 Å². The molecule has 0 unspecified atom stereocenters. The lowest BCUT2D eigenvalue weighted by molar-refractivity contribution is -0.143. The molecule has 2 aromatic rings. The summed E-state index contributed by atoms with van der Waals surface area (Å²) in [6.45, 7) is 8.67. The van der Waals surface area contributed by atoms with Gasteiger partial charge in [0.05, 0.1) is 11.8 Å². The van der Waals surface area contributed by atoms with Gasteiger partial charge in [-0.1, -0.05) is 37.6 Å². The smallest absolute Gasteiger partial charge is 0.393 e. The number of piperazine rings is 1. The van der Waals surface area contributed by atoms with Crippen molar-refractivity contribution in [1.82, 2.24) is 25.1 Å². The van der Waals surface area contributed by atoms with Crippen LogP contribution in [0.4, 0.5) is 19.1 Å². The van der Waals surface area contributed by atoms with Crippen molar-refractivity contribution in [3.63, 3.8) is 0 Å². The highest BCUT2D eigenvalue weighted by Crippen LogP contribution is 2.29. The zero-order chi connectivity index (χ0) is 28.7. The first-order valence-electron chi connectivity index (χ1n) is 14.4. The molecule has 2 heterocycles. The highest BCUT2D eigenvalue weighted by molar-refractivity contribution is 5.80. The number of likely N-dealkylation sites (N-methyl/N-ethyl adjacent to an activating group) is 1. The predicted octanol–water partition coefficient (Wildman–Crippen LogP) is 4.96. The fraction of sp³-hybridized carbons (Fsp3) is 0.600. The maximum Gasteiger partial charge on any atom is 0.408 e. The molecule has 1 saturated heterocycles. The minimum atomic E-state index is -4.37. The molecule has 40 heavy (non-hydrogen) atoms. The highest BCUT2D eigenvalue weighted by Gasteiger charge is 2.39. The molecule has 0 amide bonds. The van der Waals surface area contributed by atoms with Gasteiger partial charge in [0.1, 0.15) is 6.04 Å². The summed E-state index contributed by atoms with van der Waals surface area (Å²) in [4.78, 5) is 13.5. The number of hydrogen-bond donors (Lipinski definition) is 3. The topological polar surface area (TPSA) is 76.6 Å². The van der Waals surface area contributed by atoms with E-state index in [0.717, 1.165) is 75.1 Å². The number of aliphatic hydroxyl groups is 1. The molecule has 10 heteroatoms. The van der Waals surface area contributed by atoms with Crippen molar-refractivity contribution < 1.29 is 18.3 Å². The fourth-order valence-electron chi connectivity index (χ4n) is 5.38. The highest BCUT2D eigenvalue weighted by atomic mass is 19.4. The molecular weight excluding hydrogens is 517 g/mol. The average molecular weight is 561 g/mol. The van der Waals surface area contributed by atoms with E-state index in [1.807, 2.05) is 6.20 Å². The monoisotopic (exact) mass is 560 g/mol. The van der Waals surface area contributed by atoms with Crippen LogP contribution in [0.15, 0.2) is 36.7 Å². The third kappa shape index (κ3) is 8.41. The summed E-state index contributed by atoms with van der Waals surface area (Å²) in [5.41, 5.74) is 4.48. The zero-order valence-corrected chi connectivity index (χ0v) is 23.8. The van der Waals surface area contributed by atoms with E-state index in [-0.39, 0.29) is 24.5 Å².